The van der Waals surface area contributed by atoms with Gasteiger partial charge >= 0.3 is 0 Å². The summed E-state index contributed by atoms with van der Waals surface area (Å²) in [6.07, 6.45) is 0.324. The van der Waals surface area contributed by atoms with Crippen molar-refractivity contribution in [3.63, 3.8) is 0 Å². The number of Topliss-reactive ketones (excluding diaryl/α,β-unsaturated/α-hetero) is 1. The van der Waals surface area contributed by atoms with Crippen LogP contribution in [0.2, 0.25) is 10.0 Å². The number of rotatable bonds is 6. The van der Waals surface area contributed by atoms with E-state index in [1.807, 2.05) is 61.5 Å². The molecule has 0 aliphatic carbocycles. The molecule has 0 heterocycles. The lowest BCUT2D eigenvalue weighted by Gasteiger charge is -2.20. The zero-order valence-electron chi connectivity index (χ0n) is 14.7. The molecule has 1 unspecified atom stereocenters. The maximum absolute atomic E-state index is 12.8. The molecule has 0 aliphatic heterocycles. The number of halogens is 3. The fourth-order valence-corrected chi connectivity index (χ4v) is 3.34. The van der Waals surface area contributed by atoms with Gasteiger partial charge in [0.25, 0.3) is 0 Å². The fourth-order valence-electron chi connectivity index (χ4n) is 2.78. The SMILES string of the molecule is Cc1ccc(C(=O)CC(Nc2ccc(Cl)c(Cl)c2)c2ccc(Br)cc2)cc1. The van der Waals surface area contributed by atoms with Gasteiger partial charge in [0.2, 0.25) is 0 Å². The average Bonchev–Trinajstić information content (AvgIpc) is 2.65. The Hall–Kier alpha value is -1.81. The second kappa shape index (κ2) is 8.92. The fraction of sp³-hybridized carbons (Fsp3) is 0.136. The van der Waals surface area contributed by atoms with Crippen molar-refractivity contribution >= 4 is 50.6 Å². The Kier molecular flexibility index (Phi) is 6.59. The molecule has 3 aromatic carbocycles. The largest absolute Gasteiger partial charge is 0.378 e. The molecular formula is C22H18BrCl2NO. The van der Waals surface area contributed by atoms with Crippen molar-refractivity contribution in [1.82, 2.24) is 0 Å². The molecular weight excluding hydrogens is 445 g/mol. The number of ketones is 1. The van der Waals surface area contributed by atoms with Crippen LogP contribution in [-0.4, -0.2) is 5.78 Å². The number of hydrogen-bond donors (Lipinski definition) is 1. The molecule has 3 aromatic rings. The van der Waals surface area contributed by atoms with Gasteiger partial charge in [0.1, 0.15) is 0 Å². The van der Waals surface area contributed by atoms with Gasteiger partial charge in [0, 0.05) is 22.1 Å². The number of nitrogens with one attached hydrogen (secondary N) is 1. The molecule has 2 nitrogen and oxygen atoms in total. The van der Waals surface area contributed by atoms with E-state index in [2.05, 4.69) is 21.2 Å². The van der Waals surface area contributed by atoms with E-state index in [0.29, 0.717) is 22.0 Å². The minimum absolute atomic E-state index is 0.0791. The predicted molar refractivity (Wildman–Crippen MR) is 117 cm³/mol. The summed E-state index contributed by atoms with van der Waals surface area (Å²) < 4.78 is 0.990. The summed E-state index contributed by atoms with van der Waals surface area (Å²) in [5.41, 5.74) is 3.67. The first-order valence-electron chi connectivity index (χ1n) is 8.49. The minimum atomic E-state index is -0.191. The first kappa shape index (κ1) is 19.9. The second-order valence-corrected chi connectivity index (χ2v) is 8.10. The van der Waals surface area contributed by atoms with Crippen LogP contribution in [0.25, 0.3) is 0 Å². The highest BCUT2D eigenvalue weighted by atomic mass is 79.9. The van der Waals surface area contributed by atoms with Crippen molar-refractivity contribution in [3.05, 3.63) is 97.9 Å². The van der Waals surface area contributed by atoms with E-state index in [-0.39, 0.29) is 11.8 Å². The van der Waals surface area contributed by atoms with Crippen LogP contribution in [-0.2, 0) is 0 Å². The van der Waals surface area contributed by atoms with E-state index in [4.69, 9.17) is 23.2 Å². The zero-order valence-corrected chi connectivity index (χ0v) is 17.8. The van der Waals surface area contributed by atoms with Crippen molar-refractivity contribution in [1.29, 1.82) is 0 Å². The predicted octanol–water partition coefficient (Wildman–Crippen LogP) is 7.49. The molecule has 5 heteroatoms. The van der Waals surface area contributed by atoms with E-state index in [9.17, 15) is 4.79 Å². The van der Waals surface area contributed by atoms with E-state index < -0.39 is 0 Å². The Balaban J connectivity index is 1.86. The Morgan fingerprint density at radius 1 is 0.963 bits per heavy atom. The summed E-state index contributed by atoms with van der Waals surface area (Å²) in [7, 11) is 0. The Morgan fingerprint density at radius 3 is 2.26 bits per heavy atom. The highest BCUT2D eigenvalue weighted by molar-refractivity contribution is 9.10. The van der Waals surface area contributed by atoms with Gasteiger partial charge in [-0.05, 0) is 42.8 Å². The zero-order chi connectivity index (χ0) is 19.4. The van der Waals surface area contributed by atoms with Gasteiger partial charge in [-0.3, -0.25) is 4.79 Å². The van der Waals surface area contributed by atoms with Gasteiger partial charge in [-0.2, -0.15) is 0 Å². The van der Waals surface area contributed by atoms with Gasteiger partial charge < -0.3 is 5.32 Å². The van der Waals surface area contributed by atoms with Crippen molar-refractivity contribution in [2.45, 2.75) is 19.4 Å². The summed E-state index contributed by atoms with van der Waals surface area (Å²) in [4.78, 5) is 12.8. The van der Waals surface area contributed by atoms with E-state index in [0.717, 1.165) is 21.3 Å². The standard InChI is InChI=1S/C22H18BrCl2NO/c1-14-2-4-16(5-3-14)22(27)13-21(15-6-8-17(23)9-7-15)26-18-10-11-19(24)20(25)12-18/h2-12,21,26H,13H2,1H3. The molecule has 0 saturated heterocycles. The molecule has 0 radical (unpaired) electrons. The summed E-state index contributed by atoms with van der Waals surface area (Å²) in [6, 6.07) is 20.8. The van der Waals surface area contributed by atoms with Crippen molar-refractivity contribution < 1.29 is 4.79 Å². The lowest BCUT2D eigenvalue weighted by atomic mass is 9.97. The molecule has 0 saturated carbocycles. The van der Waals surface area contributed by atoms with E-state index >= 15 is 0 Å². The van der Waals surface area contributed by atoms with Crippen LogP contribution in [0.15, 0.2) is 71.2 Å². The van der Waals surface area contributed by atoms with Crippen LogP contribution >= 0.6 is 39.1 Å². The smallest absolute Gasteiger partial charge is 0.165 e. The number of aryl methyl sites for hydroxylation is 1. The molecule has 0 aliphatic rings. The monoisotopic (exact) mass is 461 g/mol. The van der Waals surface area contributed by atoms with Crippen LogP contribution in [0.4, 0.5) is 5.69 Å². The summed E-state index contributed by atoms with van der Waals surface area (Å²) in [6.45, 7) is 2.00. The van der Waals surface area contributed by atoms with Crippen LogP contribution in [0.1, 0.15) is 33.9 Å². The first-order valence-corrected chi connectivity index (χ1v) is 10.0. The van der Waals surface area contributed by atoms with Gasteiger partial charge in [-0.25, -0.2) is 0 Å². The van der Waals surface area contributed by atoms with Crippen LogP contribution in [0.5, 0.6) is 0 Å². The molecule has 0 aromatic heterocycles. The molecule has 0 amide bonds. The molecule has 27 heavy (non-hydrogen) atoms. The Morgan fingerprint density at radius 2 is 1.63 bits per heavy atom. The van der Waals surface area contributed by atoms with Crippen molar-refractivity contribution in [3.8, 4) is 0 Å². The number of carbonyl (C=O) groups excluding carboxylic acids is 1. The number of anilines is 1. The van der Waals surface area contributed by atoms with Gasteiger partial charge in [-0.1, -0.05) is 81.1 Å². The minimum Gasteiger partial charge on any atom is -0.378 e. The highest BCUT2D eigenvalue weighted by Crippen LogP contribution is 2.30. The number of benzene rings is 3. The maximum Gasteiger partial charge on any atom is 0.165 e. The topological polar surface area (TPSA) is 29.1 Å². The average molecular weight is 463 g/mol. The lowest BCUT2D eigenvalue weighted by molar-refractivity contribution is 0.0976. The van der Waals surface area contributed by atoms with E-state index in [1.165, 1.54) is 0 Å². The molecule has 3 rings (SSSR count). The second-order valence-electron chi connectivity index (χ2n) is 6.37. The molecule has 138 valence electrons. The molecule has 0 fully saturated rings. The van der Waals surface area contributed by atoms with Crippen LogP contribution in [0.3, 0.4) is 0 Å². The third-order valence-electron chi connectivity index (χ3n) is 4.30. The lowest BCUT2D eigenvalue weighted by Crippen LogP contribution is -2.16. The maximum atomic E-state index is 12.8. The molecule has 1 N–H and O–H groups in total. The normalized spacial score (nSPS) is 11.9. The number of hydrogen-bond acceptors (Lipinski definition) is 2. The summed E-state index contributed by atoms with van der Waals surface area (Å²) in [5.74, 6) is 0.0791. The third-order valence-corrected chi connectivity index (χ3v) is 5.56. The third kappa shape index (κ3) is 5.35. The summed E-state index contributed by atoms with van der Waals surface area (Å²) >= 11 is 15.6. The van der Waals surface area contributed by atoms with Gasteiger partial charge in [0.15, 0.2) is 5.78 Å². The van der Waals surface area contributed by atoms with Crippen molar-refractivity contribution in [2.24, 2.45) is 0 Å². The Labute approximate surface area is 177 Å². The highest BCUT2D eigenvalue weighted by Gasteiger charge is 2.18. The van der Waals surface area contributed by atoms with Crippen molar-refractivity contribution in [2.75, 3.05) is 5.32 Å². The molecule has 1 atom stereocenters. The quantitative estimate of drug-likeness (QED) is 0.384. The number of carbonyl (C=O) groups is 1. The molecule has 0 bridgehead atoms. The van der Waals surface area contributed by atoms with Crippen LogP contribution in [0, 0.1) is 6.92 Å². The van der Waals surface area contributed by atoms with Gasteiger partial charge in [-0.15, -0.1) is 0 Å². The molecule has 0 spiro atoms. The summed E-state index contributed by atoms with van der Waals surface area (Å²) in [5, 5.41) is 4.39. The van der Waals surface area contributed by atoms with Gasteiger partial charge in [0.05, 0.1) is 16.1 Å². The Bertz CT molecular complexity index is 940. The van der Waals surface area contributed by atoms with Crippen LogP contribution < -0.4 is 5.32 Å². The van der Waals surface area contributed by atoms with E-state index in [1.54, 1.807) is 12.1 Å². The first-order chi connectivity index (χ1) is 12.9.